The summed E-state index contributed by atoms with van der Waals surface area (Å²) in [6.07, 6.45) is 4.65. The van der Waals surface area contributed by atoms with Gasteiger partial charge in [0.05, 0.1) is 0 Å². The van der Waals surface area contributed by atoms with Gasteiger partial charge in [-0.15, -0.1) is 0 Å². The van der Waals surface area contributed by atoms with Gasteiger partial charge in [0.15, 0.2) is 0 Å². The number of nitrogens with zero attached hydrogens (tertiary/aromatic N) is 1. The van der Waals surface area contributed by atoms with Gasteiger partial charge in [-0.1, -0.05) is 20.3 Å². The van der Waals surface area contributed by atoms with Crippen LogP contribution >= 0.6 is 0 Å². The molecule has 1 heterocycles. The molecule has 0 aromatic rings. The summed E-state index contributed by atoms with van der Waals surface area (Å²) in [5.74, 6) is -2.06. The highest BCUT2D eigenvalue weighted by molar-refractivity contribution is 6.12. The summed E-state index contributed by atoms with van der Waals surface area (Å²) in [5.41, 5.74) is 4.90. The van der Waals surface area contributed by atoms with Gasteiger partial charge in [0.1, 0.15) is 6.04 Å². The fourth-order valence-corrected chi connectivity index (χ4v) is 2.12. The molecule has 0 aromatic heterocycles. The van der Waals surface area contributed by atoms with Crippen molar-refractivity contribution < 1.29 is 24.3 Å². The van der Waals surface area contributed by atoms with Crippen LogP contribution in [0.3, 0.4) is 0 Å². The van der Waals surface area contributed by atoms with Crippen molar-refractivity contribution in [2.24, 2.45) is 5.92 Å². The van der Waals surface area contributed by atoms with E-state index in [1.54, 1.807) is 13.8 Å². The van der Waals surface area contributed by atoms with E-state index < -0.39 is 12.0 Å². The van der Waals surface area contributed by atoms with Gasteiger partial charge in [0.2, 0.25) is 5.91 Å². The predicted molar refractivity (Wildman–Crippen MR) is 81.9 cm³/mol. The number of carboxylic acids is 1. The molecule has 0 bridgehead atoms. The Morgan fingerprint density at radius 3 is 2.26 bits per heavy atom. The summed E-state index contributed by atoms with van der Waals surface area (Å²) in [5, 5.41) is 8.97. The van der Waals surface area contributed by atoms with Crippen molar-refractivity contribution in [1.82, 2.24) is 15.8 Å². The molecule has 0 radical (unpaired) electrons. The molecule has 3 N–H and O–H groups in total. The summed E-state index contributed by atoms with van der Waals surface area (Å²) in [6.45, 7) is 3.83. The number of hydrogen-bond donors (Lipinski definition) is 3. The van der Waals surface area contributed by atoms with Crippen LogP contribution in [0.4, 0.5) is 0 Å². The van der Waals surface area contributed by atoms with Crippen LogP contribution in [0.15, 0.2) is 12.2 Å². The Labute approximate surface area is 134 Å². The number of unbranched alkanes of at least 4 members (excludes halogenated alkanes) is 2. The number of hydrazine groups is 1. The van der Waals surface area contributed by atoms with E-state index in [-0.39, 0.29) is 30.1 Å². The van der Waals surface area contributed by atoms with Gasteiger partial charge in [-0.2, -0.15) is 0 Å². The van der Waals surface area contributed by atoms with E-state index in [0.29, 0.717) is 25.8 Å². The van der Waals surface area contributed by atoms with Gasteiger partial charge in [0.25, 0.3) is 11.8 Å². The van der Waals surface area contributed by atoms with Gasteiger partial charge in [-0.25, -0.2) is 5.43 Å². The minimum absolute atomic E-state index is 0.156. The second-order valence-electron chi connectivity index (χ2n) is 5.72. The first-order valence-corrected chi connectivity index (χ1v) is 7.63. The molecule has 8 heteroatoms. The van der Waals surface area contributed by atoms with Crippen molar-refractivity contribution in [3.63, 3.8) is 0 Å². The normalized spacial score (nSPS) is 15.3. The number of amides is 3. The van der Waals surface area contributed by atoms with Crippen LogP contribution in [0, 0.1) is 5.92 Å². The van der Waals surface area contributed by atoms with Crippen LogP contribution in [0.1, 0.15) is 39.5 Å². The smallest absolute Gasteiger partial charge is 0.322 e. The van der Waals surface area contributed by atoms with Crippen molar-refractivity contribution >= 4 is 23.7 Å². The maximum Gasteiger partial charge on any atom is 0.322 e. The van der Waals surface area contributed by atoms with Crippen molar-refractivity contribution in [3.8, 4) is 0 Å². The zero-order chi connectivity index (χ0) is 17.4. The highest BCUT2D eigenvalue weighted by atomic mass is 16.4. The largest absolute Gasteiger partial charge is 0.480 e. The molecule has 0 unspecified atom stereocenters. The Kier molecular flexibility index (Phi) is 7.40. The van der Waals surface area contributed by atoms with Crippen LogP contribution in [-0.4, -0.2) is 46.3 Å². The van der Waals surface area contributed by atoms with E-state index in [4.69, 9.17) is 5.11 Å². The first-order chi connectivity index (χ1) is 10.8. The molecule has 0 saturated carbocycles. The average Bonchev–Trinajstić information content (AvgIpc) is 2.77. The molecule has 1 atom stereocenters. The Hall–Kier alpha value is -2.22. The lowest BCUT2D eigenvalue weighted by atomic mass is 10.1. The van der Waals surface area contributed by atoms with Gasteiger partial charge >= 0.3 is 5.97 Å². The molecule has 3 amide bonds. The number of carbonyl (C=O) groups excluding carboxylic acids is 3. The summed E-state index contributed by atoms with van der Waals surface area (Å²) < 4.78 is 0. The molecule has 0 spiro atoms. The second kappa shape index (κ2) is 9.04. The molecule has 1 aliphatic rings. The number of aliphatic carboxylic acids is 1. The predicted octanol–water partition coefficient (Wildman–Crippen LogP) is 0.202. The third kappa shape index (κ3) is 6.19. The number of imide groups is 1. The zero-order valence-electron chi connectivity index (χ0n) is 13.4. The molecule has 8 nitrogen and oxygen atoms in total. The lowest BCUT2D eigenvalue weighted by Gasteiger charge is -2.18. The standard InChI is InChI=1S/C15H23N3O5/c1-10(2)14(15(22)23)17-16-11(19)6-4-3-5-9-18-12(20)7-8-13(18)21/h7-8,10,14,17H,3-6,9H2,1-2H3,(H,16,19)(H,22,23)/t14-/m0/s1. The molecule has 0 fully saturated rings. The Morgan fingerprint density at radius 2 is 1.74 bits per heavy atom. The fourth-order valence-electron chi connectivity index (χ4n) is 2.12. The number of carbonyl (C=O) groups is 4. The first-order valence-electron chi connectivity index (χ1n) is 7.63. The van der Waals surface area contributed by atoms with Crippen molar-refractivity contribution in [1.29, 1.82) is 0 Å². The van der Waals surface area contributed by atoms with Crippen molar-refractivity contribution in [2.75, 3.05) is 6.54 Å². The molecule has 0 aromatic carbocycles. The number of carboxylic acid groups (broad SMARTS) is 1. The van der Waals surface area contributed by atoms with E-state index in [1.807, 2.05) is 0 Å². The number of hydrogen-bond acceptors (Lipinski definition) is 5. The van der Waals surface area contributed by atoms with Gasteiger partial charge < -0.3 is 5.11 Å². The van der Waals surface area contributed by atoms with Crippen LogP contribution < -0.4 is 10.9 Å². The Bertz CT molecular complexity index is 483. The SMILES string of the molecule is CC(C)[C@H](NNC(=O)CCCCCN1C(=O)C=CC1=O)C(=O)O. The number of nitrogens with one attached hydrogen (secondary N) is 2. The van der Waals surface area contributed by atoms with E-state index in [9.17, 15) is 19.2 Å². The summed E-state index contributed by atoms with van der Waals surface area (Å²) in [4.78, 5) is 46.4. The molecule has 0 saturated heterocycles. The summed E-state index contributed by atoms with van der Waals surface area (Å²) in [7, 11) is 0. The fraction of sp³-hybridized carbons (Fsp3) is 0.600. The molecule has 0 aliphatic carbocycles. The molecular formula is C15H23N3O5. The monoisotopic (exact) mass is 325 g/mol. The van der Waals surface area contributed by atoms with Gasteiger partial charge in [0, 0.05) is 25.1 Å². The van der Waals surface area contributed by atoms with E-state index in [0.717, 1.165) is 0 Å². The summed E-state index contributed by atoms with van der Waals surface area (Å²) in [6, 6.07) is -0.835. The maximum atomic E-state index is 11.6. The van der Waals surface area contributed by atoms with Crippen LogP contribution in [-0.2, 0) is 19.2 Å². The van der Waals surface area contributed by atoms with E-state index in [1.165, 1.54) is 17.1 Å². The lowest BCUT2D eigenvalue weighted by molar-refractivity contribution is -0.141. The highest BCUT2D eigenvalue weighted by Gasteiger charge is 2.22. The lowest BCUT2D eigenvalue weighted by Crippen LogP contribution is -2.50. The van der Waals surface area contributed by atoms with E-state index in [2.05, 4.69) is 10.9 Å². The zero-order valence-corrected chi connectivity index (χ0v) is 13.4. The topological polar surface area (TPSA) is 116 Å². The molecule has 1 aliphatic heterocycles. The third-order valence-electron chi connectivity index (χ3n) is 3.49. The first kappa shape index (κ1) is 18.8. The quantitative estimate of drug-likeness (QED) is 0.300. The Morgan fingerprint density at radius 1 is 1.13 bits per heavy atom. The molecule has 1 rings (SSSR count). The minimum atomic E-state index is -1.02. The van der Waals surface area contributed by atoms with Crippen LogP contribution in [0.5, 0.6) is 0 Å². The van der Waals surface area contributed by atoms with Crippen molar-refractivity contribution in [3.05, 3.63) is 12.2 Å². The van der Waals surface area contributed by atoms with Gasteiger partial charge in [-0.05, 0) is 18.8 Å². The van der Waals surface area contributed by atoms with Crippen LogP contribution in [0.2, 0.25) is 0 Å². The van der Waals surface area contributed by atoms with Crippen molar-refractivity contribution in [2.45, 2.75) is 45.6 Å². The number of rotatable bonds is 10. The average molecular weight is 325 g/mol. The molecule has 128 valence electrons. The second-order valence-corrected chi connectivity index (χ2v) is 5.72. The van der Waals surface area contributed by atoms with E-state index >= 15 is 0 Å². The third-order valence-corrected chi connectivity index (χ3v) is 3.49. The maximum absolute atomic E-state index is 11.6. The van der Waals surface area contributed by atoms with Crippen LogP contribution in [0.25, 0.3) is 0 Å². The highest BCUT2D eigenvalue weighted by Crippen LogP contribution is 2.07. The molecule has 23 heavy (non-hydrogen) atoms. The molecular weight excluding hydrogens is 302 g/mol. The Balaban J connectivity index is 2.13. The summed E-state index contributed by atoms with van der Waals surface area (Å²) >= 11 is 0. The van der Waals surface area contributed by atoms with Gasteiger partial charge in [-0.3, -0.25) is 29.5 Å². The minimum Gasteiger partial charge on any atom is -0.480 e.